The summed E-state index contributed by atoms with van der Waals surface area (Å²) in [4.78, 5) is 4.80. The van der Waals surface area contributed by atoms with Crippen LogP contribution < -0.4 is 10.6 Å². The summed E-state index contributed by atoms with van der Waals surface area (Å²) >= 11 is 0. The Morgan fingerprint density at radius 3 is 2.84 bits per heavy atom. The first-order chi connectivity index (χ1) is 12.3. The zero-order chi connectivity index (χ0) is 17.7. The van der Waals surface area contributed by atoms with Crippen LogP contribution >= 0.6 is 0 Å². The number of aliphatic imine (C=N–C) groups is 1. The Hall–Kier alpha value is -1.59. The maximum absolute atomic E-state index is 6.07. The Balaban J connectivity index is 1.89. The maximum Gasteiger partial charge on any atom is 0.191 e. The number of rotatable bonds is 9. The predicted molar refractivity (Wildman–Crippen MR) is 103 cm³/mol. The molecule has 1 aromatic rings. The van der Waals surface area contributed by atoms with E-state index in [1.165, 1.54) is 5.56 Å². The number of hydrogen-bond donors (Lipinski definition) is 2. The predicted octanol–water partition coefficient (Wildman–Crippen LogP) is 3.14. The normalized spacial score (nSPS) is 21.1. The molecule has 1 saturated heterocycles. The summed E-state index contributed by atoms with van der Waals surface area (Å²) in [6, 6.07) is 10.5. The summed E-state index contributed by atoms with van der Waals surface area (Å²) in [5.74, 6) is 1.31. The van der Waals surface area contributed by atoms with Gasteiger partial charge in [-0.25, -0.2) is 0 Å². The van der Waals surface area contributed by atoms with Crippen molar-refractivity contribution in [1.29, 1.82) is 0 Å². The third-order valence-corrected chi connectivity index (χ3v) is 4.36. The Kier molecular flexibility index (Phi) is 9.37. The van der Waals surface area contributed by atoms with Gasteiger partial charge >= 0.3 is 0 Å². The molecule has 1 aliphatic heterocycles. The van der Waals surface area contributed by atoms with Crippen LogP contribution in [0, 0.1) is 5.92 Å². The summed E-state index contributed by atoms with van der Waals surface area (Å²) in [7, 11) is 0. The average molecular weight is 348 g/mol. The quantitative estimate of drug-likeness (QED) is 0.409. The molecule has 0 spiro atoms. The van der Waals surface area contributed by atoms with Gasteiger partial charge in [0, 0.05) is 45.4 Å². The van der Waals surface area contributed by atoms with E-state index in [1.54, 1.807) is 0 Å². The topological polar surface area (TPSA) is 54.9 Å². The number of ether oxygens (including phenoxy) is 2. The van der Waals surface area contributed by atoms with E-state index in [4.69, 9.17) is 14.5 Å². The standard InChI is InChI=1S/C20H33N3O2/c1-3-21-20(22-13-9-14-24-4-2)23-16-18-12-8-15-25-19(18)17-10-6-5-7-11-17/h5-7,10-11,18-19H,3-4,8-9,12-16H2,1-2H3,(H2,21,22,23). The highest BCUT2D eigenvalue weighted by Crippen LogP contribution is 2.33. The molecule has 2 atom stereocenters. The molecule has 0 bridgehead atoms. The van der Waals surface area contributed by atoms with Crippen LogP contribution in [0.2, 0.25) is 0 Å². The molecule has 25 heavy (non-hydrogen) atoms. The second-order valence-electron chi connectivity index (χ2n) is 6.30. The van der Waals surface area contributed by atoms with E-state index in [0.717, 1.165) is 64.7 Å². The number of benzene rings is 1. The highest BCUT2D eigenvalue weighted by Gasteiger charge is 2.27. The lowest BCUT2D eigenvalue weighted by Crippen LogP contribution is -2.38. The van der Waals surface area contributed by atoms with Gasteiger partial charge in [0.2, 0.25) is 0 Å². The fourth-order valence-corrected chi connectivity index (χ4v) is 3.12. The molecular formula is C20H33N3O2. The molecule has 2 rings (SSSR count). The van der Waals surface area contributed by atoms with Crippen molar-refractivity contribution in [2.45, 2.75) is 39.2 Å². The van der Waals surface area contributed by atoms with Gasteiger partial charge < -0.3 is 20.1 Å². The molecule has 0 aromatic heterocycles. The van der Waals surface area contributed by atoms with Crippen LogP contribution in [0.4, 0.5) is 0 Å². The fraction of sp³-hybridized carbons (Fsp3) is 0.650. The van der Waals surface area contributed by atoms with E-state index in [9.17, 15) is 0 Å². The van der Waals surface area contributed by atoms with Crippen molar-refractivity contribution in [2.75, 3.05) is 39.5 Å². The lowest BCUT2D eigenvalue weighted by Gasteiger charge is -2.31. The molecular weight excluding hydrogens is 314 g/mol. The van der Waals surface area contributed by atoms with Gasteiger partial charge in [-0.2, -0.15) is 0 Å². The Bertz CT molecular complexity index is 493. The van der Waals surface area contributed by atoms with Crippen molar-refractivity contribution in [3.63, 3.8) is 0 Å². The van der Waals surface area contributed by atoms with Crippen molar-refractivity contribution >= 4 is 5.96 Å². The highest BCUT2D eigenvalue weighted by molar-refractivity contribution is 5.79. The number of guanidine groups is 1. The van der Waals surface area contributed by atoms with Crippen LogP contribution in [0.5, 0.6) is 0 Å². The first-order valence-electron chi connectivity index (χ1n) is 9.61. The molecule has 5 heteroatoms. The number of nitrogens with zero attached hydrogens (tertiary/aromatic N) is 1. The summed E-state index contributed by atoms with van der Waals surface area (Å²) in [5.41, 5.74) is 1.26. The van der Waals surface area contributed by atoms with E-state index in [1.807, 2.05) is 6.92 Å². The second-order valence-corrected chi connectivity index (χ2v) is 6.30. The van der Waals surface area contributed by atoms with E-state index in [-0.39, 0.29) is 6.10 Å². The van der Waals surface area contributed by atoms with Gasteiger partial charge in [0.05, 0.1) is 6.10 Å². The number of nitrogens with one attached hydrogen (secondary N) is 2. The first kappa shape index (κ1) is 19.7. The van der Waals surface area contributed by atoms with Crippen LogP contribution in [0.1, 0.15) is 44.8 Å². The summed E-state index contributed by atoms with van der Waals surface area (Å²) < 4.78 is 11.4. The first-order valence-corrected chi connectivity index (χ1v) is 9.61. The zero-order valence-electron chi connectivity index (χ0n) is 15.7. The monoisotopic (exact) mass is 347 g/mol. The molecule has 1 heterocycles. The third-order valence-electron chi connectivity index (χ3n) is 4.36. The van der Waals surface area contributed by atoms with Gasteiger partial charge in [0.25, 0.3) is 0 Å². The molecule has 1 aromatic carbocycles. The lowest BCUT2D eigenvalue weighted by molar-refractivity contribution is -0.0250. The molecule has 0 saturated carbocycles. The molecule has 5 nitrogen and oxygen atoms in total. The van der Waals surface area contributed by atoms with E-state index in [2.05, 4.69) is 47.9 Å². The summed E-state index contributed by atoms with van der Waals surface area (Å²) in [6.45, 7) is 9.03. The van der Waals surface area contributed by atoms with Crippen molar-refractivity contribution in [3.8, 4) is 0 Å². The Morgan fingerprint density at radius 2 is 2.08 bits per heavy atom. The van der Waals surface area contributed by atoms with Crippen molar-refractivity contribution in [3.05, 3.63) is 35.9 Å². The van der Waals surface area contributed by atoms with E-state index < -0.39 is 0 Å². The minimum absolute atomic E-state index is 0.152. The van der Waals surface area contributed by atoms with Crippen LogP contribution in [0.25, 0.3) is 0 Å². The van der Waals surface area contributed by atoms with Crippen LogP contribution in [-0.2, 0) is 9.47 Å². The molecule has 1 fully saturated rings. The van der Waals surface area contributed by atoms with Gasteiger partial charge in [0.15, 0.2) is 5.96 Å². The minimum Gasteiger partial charge on any atom is -0.382 e. The molecule has 2 N–H and O–H groups in total. The van der Waals surface area contributed by atoms with Crippen molar-refractivity contribution < 1.29 is 9.47 Å². The van der Waals surface area contributed by atoms with Gasteiger partial charge in [-0.1, -0.05) is 30.3 Å². The zero-order valence-corrected chi connectivity index (χ0v) is 15.7. The van der Waals surface area contributed by atoms with Crippen molar-refractivity contribution in [1.82, 2.24) is 10.6 Å². The average Bonchev–Trinajstić information content (AvgIpc) is 2.67. The van der Waals surface area contributed by atoms with Crippen LogP contribution in [0.3, 0.4) is 0 Å². The minimum atomic E-state index is 0.152. The number of hydrogen-bond acceptors (Lipinski definition) is 3. The molecule has 2 unspecified atom stereocenters. The molecule has 1 aliphatic rings. The van der Waals surface area contributed by atoms with Gasteiger partial charge in [-0.15, -0.1) is 0 Å². The molecule has 0 radical (unpaired) electrons. The van der Waals surface area contributed by atoms with Gasteiger partial charge in [0.1, 0.15) is 0 Å². The molecule has 0 amide bonds. The lowest BCUT2D eigenvalue weighted by atomic mass is 9.89. The SMILES string of the molecule is CCNC(=NCC1CCCOC1c1ccccc1)NCCCOCC. The summed E-state index contributed by atoms with van der Waals surface area (Å²) in [5, 5.41) is 6.72. The molecule has 140 valence electrons. The maximum atomic E-state index is 6.07. The van der Waals surface area contributed by atoms with Crippen LogP contribution in [0.15, 0.2) is 35.3 Å². The van der Waals surface area contributed by atoms with E-state index >= 15 is 0 Å². The molecule has 0 aliphatic carbocycles. The van der Waals surface area contributed by atoms with Gasteiger partial charge in [-0.05, 0) is 38.7 Å². The van der Waals surface area contributed by atoms with Crippen LogP contribution in [-0.4, -0.2) is 45.4 Å². The Morgan fingerprint density at radius 1 is 1.24 bits per heavy atom. The van der Waals surface area contributed by atoms with E-state index in [0.29, 0.717) is 5.92 Å². The largest absolute Gasteiger partial charge is 0.382 e. The highest BCUT2D eigenvalue weighted by atomic mass is 16.5. The van der Waals surface area contributed by atoms with Gasteiger partial charge in [-0.3, -0.25) is 4.99 Å². The second kappa shape index (κ2) is 11.9. The fourth-order valence-electron chi connectivity index (χ4n) is 3.12. The Labute approximate surface area is 152 Å². The third kappa shape index (κ3) is 7.04. The summed E-state index contributed by atoms with van der Waals surface area (Å²) in [6.07, 6.45) is 3.41. The smallest absolute Gasteiger partial charge is 0.191 e. The van der Waals surface area contributed by atoms with Crippen molar-refractivity contribution in [2.24, 2.45) is 10.9 Å².